The second-order valence-corrected chi connectivity index (χ2v) is 4.76. The van der Waals surface area contributed by atoms with E-state index in [1.165, 1.54) is 6.92 Å². The fourth-order valence-electron chi connectivity index (χ4n) is 1.78. The molecule has 1 aromatic carbocycles. The Labute approximate surface area is 126 Å². The number of halogens is 6. The van der Waals surface area contributed by atoms with E-state index in [4.69, 9.17) is 5.73 Å². The van der Waals surface area contributed by atoms with Crippen LogP contribution in [0.25, 0.3) is 0 Å². The van der Waals surface area contributed by atoms with E-state index in [1.807, 2.05) is 0 Å². The van der Waals surface area contributed by atoms with Crippen molar-refractivity contribution in [1.29, 1.82) is 0 Å². The molecule has 10 heteroatoms. The van der Waals surface area contributed by atoms with Crippen molar-refractivity contribution in [3.63, 3.8) is 0 Å². The highest BCUT2D eigenvalue weighted by molar-refractivity contribution is 6.34. The lowest BCUT2D eigenvalue weighted by Gasteiger charge is -2.25. The van der Waals surface area contributed by atoms with Crippen molar-refractivity contribution >= 4 is 11.8 Å². The number of nitrogens with zero attached hydrogens (tertiary/aromatic N) is 1. The van der Waals surface area contributed by atoms with Crippen LogP contribution in [0.3, 0.4) is 0 Å². The maximum atomic E-state index is 13.9. The average Bonchev–Trinajstić information content (AvgIpc) is 2.43. The summed E-state index contributed by atoms with van der Waals surface area (Å²) < 4.78 is 77.0. The molecule has 0 aliphatic carbocycles. The normalized spacial score (nSPS) is 13.6. The summed E-state index contributed by atoms with van der Waals surface area (Å²) in [6, 6.07) is 0.0377. The molecule has 1 rings (SSSR count). The van der Waals surface area contributed by atoms with Gasteiger partial charge in [-0.15, -0.1) is 0 Å². The van der Waals surface area contributed by atoms with Gasteiger partial charge in [0.25, 0.3) is 0 Å². The van der Waals surface area contributed by atoms with E-state index in [2.05, 4.69) is 0 Å². The van der Waals surface area contributed by atoms with Gasteiger partial charge in [0.15, 0.2) is 0 Å². The minimum absolute atomic E-state index is 0.0436. The van der Waals surface area contributed by atoms with Gasteiger partial charge in [0, 0.05) is 18.2 Å². The topological polar surface area (TPSA) is 63.4 Å². The van der Waals surface area contributed by atoms with E-state index < -0.39 is 41.3 Å². The zero-order valence-corrected chi connectivity index (χ0v) is 11.9. The highest BCUT2D eigenvalue weighted by atomic mass is 19.4. The third-order valence-electron chi connectivity index (χ3n) is 3.28. The molecule has 0 spiro atoms. The van der Waals surface area contributed by atoms with Crippen LogP contribution in [0.4, 0.5) is 26.3 Å². The largest absolute Gasteiger partial charge is 0.458 e. The molecule has 4 nitrogen and oxygen atoms in total. The summed E-state index contributed by atoms with van der Waals surface area (Å²) in [5, 5.41) is 0. The Hall–Kier alpha value is -2.26. The average molecular weight is 342 g/mol. The number of likely N-dealkylation sites (N-methyl/N-ethyl adjacent to an activating group) is 1. The highest BCUT2D eigenvalue weighted by Crippen LogP contribution is 2.44. The van der Waals surface area contributed by atoms with Gasteiger partial charge in [0.1, 0.15) is 5.82 Å². The molecule has 128 valence electrons. The van der Waals surface area contributed by atoms with Gasteiger partial charge in [-0.3, -0.25) is 9.59 Å². The van der Waals surface area contributed by atoms with E-state index in [0.29, 0.717) is 12.1 Å². The Bertz CT molecular complexity index is 629. The SMILES string of the molecule is CC(c1ccc(C(F)(F)C(F)(F)F)cc1F)N(C)C(=O)C(N)=O. The summed E-state index contributed by atoms with van der Waals surface area (Å²) in [5.74, 6) is -9.07. The minimum atomic E-state index is -5.87. The quantitative estimate of drug-likeness (QED) is 0.678. The van der Waals surface area contributed by atoms with Gasteiger partial charge in [-0.25, -0.2) is 4.39 Å². The molecule has 0 aliphatic heterocycles. The summed E-state index contributed by atoms with van der Waals surface area (Å²) in [7, 11) is 1.11. The molecule has 23 heavy (non-hydrogen) atoms. The first-order valence-electron chi connectivity index (χ1n) is 6.11. The van der Waals surface area contributed by atoms with Crippen LogP contribution in [0, 0.1) is 5.82 Å². The Morgan fingerprint density at radius 2 is 1.70 bits per heavy atom. The summed E-state index contributed by atoms with van der Waals surface area (Å²) in [6.45, 7) is 1.25. The first-order valence-corrected chi connectivity index (χ1v) is 6.11. The molecule has 2 amide bonds. The standard InChI is InChI=1S/C13H12F6N2O2/c1-6(21(2)11(23)10(20)22)8-4-3-7(5-9(8)14)12(15,16)13(17,18)19/h3-6H,1-2H3,(H2,20,22). The number of nitrogens with two attached hydrogens (primary N) is 1. The number of hydrogen-bond donors (Lipinski definition) is 1. The van der Waals surface area contributed by atoms with Crippen molar-refractivity contribution in [2.75, 3.05) is 7.05 Å². The van der Waals surface area contributed by atoms with Gasteiger partial charge in [-0.2, -0.15) is 22.0 Å². The van der Waals surface area contributed by atoms with Gasteiger partial charge in [-0.1, -0.05) is 12.1 Å². The number of hydrogen-bond acceptors (Lipinski definition) is 2. The van der Waals surface area contributed by atoms with E-state index >= 15 is 0 Å². The first kappa shape index (κ1) is 18.8. The molecule has 0 aliphatic rings. The number of carbonyl (C=O) groups excluding carboxylic acids is 2. The van der Waals surface area contributed by atoms with Crippen molar-refractivity contribution in [3.05, 3.63) is 35.1 Å². The van der Waals surface area contributed by atoms with Crippen LogP contribution in [-0.2, 0) is 15.5 Å². The molecule has 2 N–H and O–H groups in total. The minimum Gasteiger partial charge on any atom is -0.361 e. The molecular formula is C13H12F6N2O2. The Morgan fingerprint density at radius 3 is 2.09 bits per heavy atom. The van der Waals surface area contributed by atoms with E-state index in [0.717, 1.165) is 11.9 Å². The van der Waals surface area contributed by atoms with Crippen molar-refractivity contribution < 1.29 is 35.9 Å². The van der Waals surface area contributed by atoms with Crippen LogP contribution in [0.15, 0.2) is 18.2 Å². The number of rotatable bonds is 3. The van der Waals surface area contributed by atoms with E-state index in [1.54, 1.807) is 0 Å². The Balaban J connectivity index is 3.20. The lowest BCUT2D eigenvalue weighted by molar-refractivity contribution is -0.289. The van der Waals surface area contributed by atoms with Crippen molar-refractivity contribution in [2.24, 2.45) is 5.73 Å². The van der Waals surface area contributed by atoms with Gasteiger partial charge in [0.2, 0.25) is 0 Å². The van der Waals surface area contributed by atoms with Crippen LogP contribution in [-0.4, -0.2) is 29.9 Å². The van der Waals surface area contributed by atoms with Crippen molar-refractivity contribution in [1.82, 2.24) is 4.90 Å². The van der Waals surface area contributed by atoms with E-state index in [9.17, 15) is 35.9 Å². The number of amides is 2. The summed E-state index contributed by atoms with van der Waals surface area (Å²) >= 11 is 0. The molecule has 0 radical (unpaired) electrons. The molecule has 0 bridgehead atoms. The number of primary amides is 1. The fraction of sp³-hybridized carbons (Fsp3) is 0.385. The second-order valence-electron chi connectivity index (χ2n) is 4.76. The maximum Gasteiger partial charge on any atom is 0.458 e. The molecule has 0 fully saturated rings. The fourth-order valence-corrected chi connectivity index (χ4v) is 1.78. The lowest BCUT2D eigenvalue weighted by atomic mass is 10.0. The van der Waals surface area contributed by atoms with Crippen LogP contribution in [0.5, 0.6) is 0 Å². The molecule has 0 saturated heterocycles. The van der Waals surface area contributed by atoms with E-state index in [-0.39, 0.29) is 11.6 Å². The molecule has 0 saturated carbocycles. The van der Waals surface area contributed by atoms with Gasteiger partial charge >= 0.3 is 23.9 Å². The first-order chi connectivity index (χ1) is 10.3. The number of benzene rings is 1. The third-order valence-corrected chi connectivity index (χ3v) is 3.28. The number of carbonyl (C=O) groups is 2. The zero-order chi connectivity index (χ0) is 18.2. The predicted molar refractivity (Wildman–Crippen MR) is 66.7 cm³/mol. The highest BCUT2D eigenvalue weighted by Gasteiger charge is 2.58. The van der Waals surface area contributed by atoms with Crippen LogP contribution >= 0.6 is 0 Å². The molecule has 0 aromatic heterocycles. The van der Waals surface area contributed by atoms with Crippen LogP contribution in [0.1, 0.15) is 24.1 Å². The summed E-state index contributed by atoms with van der Waals surface area (Å²) in [5.41, 5.74) is 2.86. The molecule has 1 aromatic rings. The van der Waals surface area contributed by atoms with Gasteiger partial charge in [0.05, 0.1) is 6.04 Å². The van der Waals surface area contributed by atoms with Gasteiger partial charge in [-0.05, 0) is 13.0 Å². The third kappa shape index (κ3) is 3.57. The van der Waals surface area contributed by atoms with Crippen LogP contribution < -0.4 is 5.73 Å². The molecule has 1 atom stereocenters. The summed E-state index contributed by atoms with van der Waals surface area (Å²) in [4.78, 5) is 22.9. The molecule has 0 heterocycles. The Morgan fingerprint density at radius 1 is 1.17 bits per heavy atom. The van der Waals surface area contributed by atoms with Crippen LogP contribution in [0.2, 0.25) is 0 Å². The Kier molecular flexibility index (Phi) is 4.97. The monoisotopic (exact) mass is 342 g/mol. The predicted octanol–water partition coefficient (Wildman–Crippen LogP) is 2.48. The summed E-state index contributed by atoms with van der Waals surface area (Å²) in [6.07, 6.45) is -5.87. The maximum absolute atomic E-state index is 13.9. The van der Waals surface area contributed by atoms with Crippen molar-refractivity contribution in [3.8, 4) is 0 Å². The number of alkyl halides is 5. The molecular weight excluding hydrogens is 330 g/mol. The molecule has 1 unspecified atom stereocenters. The second kappa shape index (κ2) is 6.09. The lowest BCUT2D eigenvalue weighted by Crippen LogP contribution is -2.39. The van der Waals surface area contributed by atoms with Crippen molar-refractivity contribution in [2.45, 2.75) is 25.1 Å². The smallest absolute Gasteiger partial charge is 0.361 e. The van der Waals surface area contributed by atoms with Gasteiger partial charge < -0.3 is 10.6 Å². The zero-order valence-electron chi connectivity index (χ0n) is 11.9.